The fourth-order valence-corrected chi connectivity index (χ4v) is 3.22. The van der Waals surface area contributed by atoms with Crippen molar-refractivity contribution in [2.75, 3.05) is 4.90 Å². The third-order valence-electron chi connectivity index (χ3n) is 3.54. The molecule has 0 saturated heterocycles. The molecular weight excluding hydrogens is 293 g/mol. The molecule has 1 amide bonds. The molecule has 1 heterocycles. The van der Waals surface area contributed by atoms with Crippen LogP contribution >= 0.6 is 23.2 Å². The van der Waals surface area contributed by atoms with Crippen molar-refractivity contribution in [1.29, 1.82) is 0 Å². The Morgan fingerprint density at radius 3 is 2.50 bits per heavy atom. The summed E-state index contributed by atoms with van der Waals surface area (Å²) in [6.45, 7) is 2.05. The third kappa shape index (κ3) is 2.30. The lowest BCUT2D eigenvalue weighted by molar-refractivity contribution is 0.0981. The zero-order valence-corrected chi connectivity index (χ0v) is 12.4. The summed E-state index contributed by atoms with van der Waals surface area (Å²) in [5.74, 6) is -0.0631. The molecule has 1 aliphatic heterocycles. The molecule has 2 aromatic carbocycles. The van der Waals surface area contributed by atoms with Crippen molar-refractivity contribution < 1.29 is 4.79 Å². The van der Waals surface area contributed by atoms with E-state index in [0.29, 0.717) is 15.6 Å². The largest absolute Gasteiger partial charge is 0.305 e. The molecule has 0 bridgehead atoms. The molecule has 0 spiro atoms. The lowest BCUT2D eigenvalue weighted by Crippen LogP contribution is -2.35. The van der Waals surface area contributed by atoms with Gasteiger partial charge >= 0.3 is 0 Å². The summed E-state index contributed by atoms with van der Waals surface area (Å²) in [6.07, 6.45) is 0.871. The topological polar surface area (TPSA) is 20.3 Å². The van der Waals surface area contributed by atoms with Gasteiger partial charge < -0.3 is 4.90 Å². The number of carbonyl (C=O) groups excluding carboxylic acids is 1. The Hall–Kier alpha value is -1.51. The van der Waals surface area contributed by atoms with E-state index in [1.165, 1.54) is 5.56 Å². The van der Waals surface area contributed by atoms with Crippen molar-refractivity contribution in [1.82, 2.24) is 0 Å². The van der Waals surface area contributed by atoms with Crippen molar-refractivity contribution >= 4 is 34.8 Å². The highest BCUT2D eigenvalue weighted by Crippen LogP contribution is 2.33. The van der Waals surface area contributed by atoms with Crippen LogP contribution in [0.2, 0.25) is 10.0 Å². The monoisotopic (exact) mass is 305 g/mol. The Morgan fingerprint density at radius 2 is 1.80 bits per heavy atom. The summed E-state index contributed by atoms with van der Waals surface area (Å²) in [7, 11) is 0. The molecule has 2 aromatic rings. The number of rotatable bonds is 1. The summed E-state index contributed by atoms with van der Waals surface area (Å²) < 4.78 is 0. The van der Waals surface area contributed by atoms with Crippen molar-refractivity contribution in [3.63, 3.8) is 0 Å². The first-order chi connectivity index (χ1) is 9.56. The van der Waals surface area contributed by atoms with Crippen molar-refractivity contribution in [2.45, 2.75) is 19.4 Å². The molecule has 0 fully saturated rings. The molecular formula is C16H13Cl2NO. The third-order valence-corrected chi connectivity index (χ3v) is 3.97. The molecule has 0 aliphatic carbocycles. The highest BCUT2D eigenvalue weighted by Gasteiger charge is 2.31. The minimum absolute atomic E-state index is 0.0631. The van der Waals surface area contributed by atoms with E-state index in [1.54, 1.807) is 18.2 Å². The van der Waals surface area contributed by atoms with Gasteiger partial charge in [0.1, 0.15) is 0 Å². The average molecular weight is 306 g/mol. The van der Waals surface area contributed by atoms with Gasteiger partial charge in [0.2, 0.25) is 0 Å². The van der Waals surface area contributed by atoms with Crippen molar-refractivity contribution in [2.24, 2.45) is 0 Å². The smallest absolute Gasteiger partial charge is 0.258 e. The first kappa shape index (κ1) is 13.5. The number of halogens is 2. The van der Waals surface area contributed by atoms with Gasteiger partial charge in [-0.2, -0.15) is 0 Å². The Balaban J connectivity index is 2.02. The number of hydrogen-bond acceptors (Lipinski definition) is 1. The number of hydrogen-bond donors (Lipinski definition) is 0. The minimum atomic E-state index is -0.0631. The van der Waals surface area contributed by atoms with E-state index >= 15 is 0 Å². The summed E-state index contributed by atoms with van der Waals surface area (Å²) in [6, 6.07) is 13.1. The van der Waals surface area contributed by atoms with Gasteiger partial charge in [0.05, 0.1) is 0 Å². The van der Waals surface area contributed by atoms with Crippen LogP contribution in [0.15, 0.2) is 42.5 Å². The first-order valence-electron chi connectivity index (χ1n) is 6.44. The Kier molecular flexibility index (Phi) is 3.45. The van der Waals surface area contributed by atoms with Crippen molar-refractivity contribution in [3.8, 4) is 0 Å². The molecule has 1 aliphatic rings. The molecule has 20 heavy (non-hydrogen) atoms. The quantitative estimate of drug-likeness (QED) is 0.755. The standard InChI is InChI=1S/C16H13Cl2NO/c1-10-6-11-4-2-3-5-15(11)19(10)16(20)12-7-13(17)9-14(18)8-12/h2-5,7-10H,6H2,1H3/t10-/m0/s1. The average Bonchev–Trinajstić information content (AvgIpc) is 2.72. The molecule has 0 saturated carbocycles. The maximum absolute atomic E-state index is 12.7. The van der Waals surface area contributed by atoms with Crippen LogP contribution in [0.3, 0.4) is 0 Å². The van der Waals surface area contributed by atoms with E-state index in [-0.39, 0.29) is 11.9 Å². The van der Waals surface area contributed by atoms with Crippen LogP contribution in [0.25, 0.3) is 0 Å². The number of anilines is 1. The van der Waals surface area contributed by atoms with Crippen LogP contribution in [0.5, 0.6) is 0 Å². The Morgan fingerprint density at radius 1 is 1.15 bits per heavy atom. The van der Waals surface area contributed by atoms with E-state index in [4.69, 9.17) is 23.2 Å². The fourth-order valence-electron chi connectivity index (χ4n) is 2.69. The van der Waals surface area contributed by atoms with Crippen LogP contribution in [-0.2, 0) is 6.42 Å². The van der Waals surface area contributed by atoms with Crippen molar-refractivity contribution in [3.05, 3.63) is 63.6 Å². The highest BCUT2D eigenvalue weighted by atomic mass is 35.5. The van der Waals surface area contributed by atoms with Gasteiger partial charge in [-0.25, -0.2) is 0 Å². The molecule has 2 nitrogen and oxygen atoms in total. The van der Waals surface area contributed by atoms with Gasteiger partial charge in [-0.15, -0.1) is 0 Å². The lowest BCUT2D eigenvalue weighted by atomic mass is 10.1. The second-order valence-corrected chi connectivity index (χ2v) is 5.89. The number of fused-ring (bicyclic) bond motifs is 1. The molecule has 1 atom stereocenters. The summed E-state index contributed by atoms with van der Waals surface area (Å²) in [5.41, 5.74) is 2.69. The summed E-state index contributed by atoms with van der Waals surface area (Å²) >= 11 is 12.0. The molecule has 0 N–H and O–H groups in total. The van der Waals surface area contributed by atoms with Gasteiger partial charge in [0, 0.05) is 27.3 Å². The van der Waals surface area contributed by atoms with Crippen LogP contribution < -0.4 is 4.90 Å². The number of nitrogens with zero attached hydrogens (tertiary/aromatic N) is 1. The highest BCUT2D eigenvalue weighted by molar-refractivity contribution is 6.35. The predicted molar refractivity (Wildman–Crippen MR) is 82.9 cm³/mol. The number of benzene rings is 2. The van der Waals surface area contributed by atoms with Crippen LogP contribution in [0.1, 0.15) is 22.8 Å². The van der Waals surface area contributed by atoms with E-state index < -0.39 is 0 Å². The Labute approximate surface area is 127 Å². The molecule has 4 heteroatoms. The van der Waals surface area contributed by atoms with Gasteiger partial charge in [-0.1, -0.05) is 41.4 Å². The van der Waals surface area contributed by atoms with E-state index in [9.17, 15) is 4.79 Å². The zero-order chi connectivity index (χ0) is 14.3. The van der Waals surface area contributed by atoms with Gasteiger partial charge in [0.15, 0.2) is 0 Å². The van der Waals surface area contributed by atoms with Gasteiger partial charge in [-0.05, 0) is 43.2 Å². The number of carbonyl (C=O) groups is 1. The molecule has 0 unspecified atom stereocenters. The minimum Gasteiger partial charge on any atom is -0.305 e. The SMILES string of the molecule is C[C@H]1Cc2ccccc2N1C(=O)c1cc(Cl)cc(Cl)c1. The second-order valence-electron chi connectivity index (χ2n) is 5.02. The summed E-state index contributed by atoms with van der Waals surface area (Å²) in [5, 5.41) is 0.946. The molecule has 3 rings (SSSR count). The molecule has 102 valence electrons. The number of amides is 1. The second kappa shape index (κ2) is 5.12. The maximum Gasteiger partial charge on any atom is 0.258 e. The predicted octanol–water partition coefficient (Wildman–Crippen LogP) is 4.58. The van der Waals surface area contributed by atoms with E-state index in [2.05, 4.69) is 6.07 Å². The number of para-hydroxylation sites is 1. The fraction of sp³-hybridized carbons (Fsp3) is 0.188. The van der Waals surface area contributed by atoms with Gasteiger partial charge in [-0.3, -0.25) is 4.79 Å². The van der Waals surface area contributed by atoms with E-state index in [0.717, 1.165) is 12.1 Å². The normalized spacial score (nSPS) is 17.1. The molecule has 0 aromatic heterocycles. The molecule has 0 radical (unpaired) electrons. The first-order valence-corrected chi connectivity index (χ1v) is 7.19. The lowest BCUT2D eigenvalue weighted by Gasteiger charge is -2.23. The zero-order valence-electron chi connectivity index (χ0n) is 10.9. The van der Waals surface area contributed by atoms with Crippen LogP contribution in [-0.4, -0.2) is 11.9 Å². The summed E-state index contributed by atoms with van der Waals surface area (Å²) in [4.78, 5) is 14.5. The van der Waals surface area contributed by atoms with E-state index in [1.807, 2.05) is 30.0 Å². The van der Waals surface area contributed by atoms with Crippen LogP contribution in [0.4, 0.5) is 5.69 Å². The maximum atomic E-state index is 12.7. The van der Waals surface area contributed by atoms with Gasteiger partial charge in [0.25, 0.3) is 5.91 Å². The van der Waals surface area contributed by atoms with Crippen LogP contribution in [0, 0.1) is 0 Å². The Bertz CT molecular complexity index is 664.